The number of nitrogens with zero attached hydrogens (tertiary/aromatic N) is 2. The van der Waals surface area contributed by atoms with Crippen LogP contribution in [0.15, 0.2) is 72.8 Å². The summed E-state index contributed by atoms with van der Waals surface area (Å²) in [5.74, 6) is -2.59. The summed E-state index contributed by atoms with van der Waals surface area (Å²) in [5, 5.41) is 22.1. The molecular weight excluding hydrogens is 639 g/mol. The van der Waals surface area contributed by atoms with Crippen LogP contribution in [0.2, 0.25) is 0 Å². The van der Waals surface area contributed by atoms with Crippen LogP contribution in [0, 0.1) is 0 Å². The van der Waals surface area contributed by atoms with E-state index < -0.39 is 30.3 Å². The highest BCUT2D eigenvalue weighted by Crippen LogP contribution is 2.39. The van der Waals surface area contributed by atoms with E-state index in [1.54, 1.807) is 0 Å². The molecule has 3 aliphatic heterocycles. The molecule has 3 aromatic rings. The maximum atomic E-state index is 13.0. The monoisotopic (exact) mass is 681 g/mol. The second-order valence-electron chi connectivity index (χ2n) is 13.0. The third-order valence-corrected chi connectivity index (χ3v) is 9.71. The first-order chi connectivity index (χ1) is 23.6. The molecule has 0 aromatic heterocycles. The molecular formula is C37H42F3N3O6. The van der Waals surface area contributed by atoms with E-state index in [1.807, 2.05) is 72.8 Å². The van der Waals surface area contributed by atoms with Crippen molar-refractivity contribution in [3.05, 3.63) is 95.1 Å². The number of hydrogen-bond donors (Lipinski definition) is 3. The minimum Gasteiger partial charge on any atom is -0.395 e. The van der Waals surface area contributed by atoms with E-state index >= 15 is 0 Å². The van der Waals surface area contributed by atoms with Crippen molar-refractivity contribution in [2.75, 3.05) is 26.2 Å². The average molecular weight is 682 g/mol. The second-order valence-corrected chi connectivity index (χ2v) is 13.0. The molecule has 2 amide bonds. The molecule has 9 nitrogen and oxygen atoms in total. The lowest BCUT2D eigenvalue weighted by atomic mass is 9.98. The molecule has 3 heterocycles. The van der Waals surface area contributed by atoms with Gasteiger partial charge in [0.15, 0.2) is 6.29 Å². The minimum atomic E-state index is -5.02. The molecule has 6 rings (SSSR count). The van der Waals surface area contributed by atoms with Crippen LogP contribution in [-0.2, 0) is 32.2 Å². The van der Waals surface area contributed by atoms with E-state index in [-0.39, 0.29) is 51.0 Å². The summed E-state index contributed by atoms with van der Waals surface area (Å²) in [7, 11) is 0. The normalized spacial score (nSPS) is 24.7. The van der Waals surface area contributed by atoms with E-state index in [4.69, 9.17) is 9.47 Å². The lowest BCUT2D eigenvalue weighted by Crippen LogP contribution is -2.50. The predicted molar refractivity (Wildman–Crippen MR) is 175 cm³/mol. The Morgan fingerprint density at radius 3 is 2.33 bits per heavy atom. The number of carbonyl (C=O) groups is 2. The highest BCUT2D eigenvalue weighted by atomic mass is 19.4. The minimum absolute atomic E-state index is 0.0415. The van der Waals surface area contributed by atoms with Gasteiger partial charge in [0.2, 0.25) is 5.91 Å². The highest BCUT2D eigenvalue weighted by molar-refractivity contribution is 5.90. The third kappa shape index (κ3) is 8.33. The molecule has 3 fully saturated rings. The summed E-state index contributed by atoms with van der Waals surface area (Å²) in [5.41, 5.74) is 5.15. The highest BCUT2D eigenvalue weighted by Gasteiger charge is 2.47. The van der Waals surface area contributed by atoms with Crippen molar-refractivity contribution < 1.29 is 42.4 Å². The van der Waals surface area contributed by atoms with Gasteiger partial charge in [-0.25, -0.2) is 0 Å². The maximum absolute atomic E-state index is 13.0. The number of ether oxygens (including phenoxy) is 2. The first-order valence-corrected chi connectivity index (χ1v) is 16.8. The number of alkyl halides is 3. The largest absolute Gasteiger partial charge is 0.471 e. The van der Waals surface area contributed by atoms with Crippen LogP contribution in [0.25, 0.3) is 11.1 Å². The lowest BCUT2D eigenvalue weighted by Gasteiger charge is -2.38. The topological polar surface area (TPSA) is 112 Å². The molecule has 0 bridgehead atoms. The molecule has 0 radical (unpaired) electrons. The van der Waals surface area contributed by atoms with E-state index in [0.29, 0.717) is 24.3 Å². The molecule has 0 aliphatic carbocycles. The molecule has 3 aliphatic rings. The van der Waals surface area contributed by atoms with Gasteiger partial charge in [0, 0.05) is 37.7 Å². The van der Waals surface area contributed by atoms with Gasteiger partial charge in [-0.15, -0.1) is 0 Å². The zero-order chi connectivity index (χ0) is 34.5. The number of likely N-dealkylation sites (tertiary alicyclic amines) is 2. The van der Waals surface area contributed by atoms with Gasteiger partial charge in [-0.2, -0.15) is 13.2 Å². The Bertz CT molecular complexity index is 1600. The van der Waals surface area contributed by atoms with Crippen LogP contribution in [0.5, 0.6) is 0 Å². The molecule has 3 N–H and O–H groups in total. The van der Waals surface area contributed by atoms with Crippen molar-refractivity contribution in [3.8, 4) is 11.1 Å². The Morgan fingerprint density at radius 2 is 1.59 bits per heavy atom. The summed E-state index contributed by atoms with van der Waals surface area (Å²) < 4.78 is 52.2. The van der Waals surface area contributed by atoms with Gasteiger partial charge in [0.1, 0.15) is 6.04 Å². The summed E-state index contributed by atoms with van der Waals surface area (Å²) in [6, 6.07) is 22.1. The predicted octanol–water partition coefficient (Wildman–Crippen LogP) is 5.02. The van der Waals surface area contributed by atoms with E-state index in [9.17, 15) is 33.0 Å². The first kappa shape index (κ1) is 35.0. The Labute approximate surface area is 283 Å². The molecule has 49 heavy (non-hydrogen) atoms. The lowest BCUT2D eigenvalue weighted by molar-refractivity contribution is -0.253. The fourth-order valence-corrected chi connectivity index (χ4v) is 7.11. The summed E-state index contributed by atoms with van der Waals surface area (Å²) in [4.78, 5) is 27.6. The molecule has 12 heteroatoms. The molecule has 0 spiro atoms. The number of halogens is 3. The number of benzene rings is 3. The van der Waals surface area contributed by atoms with E-state index in [2.05, 4.69) is 10.2 Å². The van der Waals surface area contributed by atoms with Gasteiger partial charge in [0.25, 0.3) is 0 Å². The number of amides is 2. The molecule has 3 aromatic carbocycles. The molecule has 3 saturated heterocycles. The van der Waals surface area contributed by atoms with Gasteiger partial charge >= 0.3 is 12.1 Å². The Kier molecular flexibility index (Phi) is 11.0. The number of carbonyl (C=O) groups excluding carboxylic acids is 2. The number of hydrogen-bond acceptors (Lipinski definition) is 7. The molecule has 0 saturated carbocycles. The quantitative estimate of drug-likeness (QED) is 0.276. The van der Waals surface area contributed by atoms with Gasteiger partial charge < -0.3 is 29.9 Å². The van der Waals surface area contributed by atoms with Crippen molar-refractivity contribution in [1.29, 1.82) is 0 Å². The maximum Gasteiger partial charge on any atom is 0.471 e. The van der Waals surface area contributed by atoms with Crippen LogP contribution in [-0.4, -0.2) is 82.4 Å². The van der Waals surface area contributed by atoms with Crippen LogP contribution < -0.4 is 5.32 Å². The van der Waals surface area contributed by atoms with Crippen LogP contribution in [0.3, 0.4) is 0 Å². The smallest absolute Gasteiger partial charge is 0.395 e. The van der Waals surface area contributed by atoms with Crippen molar-refractivity contribution in [2.24, 2.45) is 0 Å². The summed E-state index contributed by atoms with van der Waals surface area (Å²) in [6.45, 7) is 1.64. The van der Waals surface area contributed by atoms with Crippen LogP contribution in [0.1, 0.15) is 66.8 Å². The zero-order valence-corrected chi connectivity index (χ0v) is 27.1. The fraction of sp³-hybridized carbons (Fsp3) is 0.459. The Hall–Kier alpha value is -3.81. The first-order valence-electron chi connectivity index (χ1n) is 16.8. The van der Waals surface area contributed by atoms with Gasteiger partial charge in [0.05, 0.1) is 25.4 Å². The Balaban J connectivity index is 1.17. The van der Waals surface area contributed by atoms with Gasteiger partial charge in [-0.3, -0.25) is 14.5 Å². The van der Waals surface area contributed by atoms with Crippen LogP contribution in [0.4, 0.5) is 13.2 Å². The van der Waals surface area contributed by atoms with Crippen LogP contribution >= 0.6 is 0 Å². The zero-order valence-electron chi connectivity index (χ0n) is 27.1. The Morgan fingerprint density at radius 1 is 0.857 bits per heavy atom. The fourth-order valence-electron chi connectivity index (χ4n) is 7.11. The van der Waals surface area contributed by atoms with E-state index in [0.717, 1.165) is 52.8 Å². The summed E-state index contributed by atoms with van der Waals surface area (Å²) in [6.07, 6.45) is -2.93. The van der Waals surface area contributed by atoms with Gasteiger partial charge in [-0.05, 0) is 72.2 Å². The van der Waals surface area contributed by atoms with E-state index in [1.165, 1.54) is 0 Å². The standard InChI is InChI=1S/C37H42F3N3O6/c38-37(39,40)36(47)43-16-4-10-32(43)34(46)41-20-25-5-1-6-27(17-25)28-7-2-8-29(18-28)35-48-31(21-42-15-3-9-30(42)23-45)19-33(49-35)26-13-11-24(22-44)12-14-26/h1-2,5-8,11-14,17-18,30-33,35,44-45H,3-4,9-10,15-16,19-23H2,(H,41,46)/t30-,31+,32-,33-,35-/m0/s1. The third-order valence-electron chi connectivity index (χ3n) is 9.71. The van der Waals surface area contributed by atoms with Crippen molar-refractivity contribution >= 4 is 11.8 Å². The SMILES string of the molecule is O=C(NCc1cccc(-c2cccc([C@H]3O[C@@H](CN4CCC[C@H]4CO)C[C@@H](c4ccc(CO)cc4)O3)c2)c1)[C@@H]1CCCN1C(=O)C(F)(F)F. The van der Waals surface area contributed by atoms with Gasteiger partial charge in [-0.1, -0.05) is 60.7 Å². The molecule has 0 unspecified atom stereocenters. The van der Waals surface area contributed by atoms with Crippen molar-refractivity contribution in [2.45, 2.75) is 82.0 Å². The number of aliphatic hydroxyl groups excluding tert-OH is 2. The molecule has 5 atom stereocenters. The second kappa shape index (κ2) is 15.4. The van der Waals surface area contributed by atoms with Crippen molar-refractivity contribution in [3.63, 3.8) is 0 Å². The molecule has 262 valence electrons. The number of aliphatic hydroxyl groups is 2. The summed E-state index contributed by atoms with van der Waals surface area (Å²) >= 11 is 0. The number of nitrogens with one attached hydrogen (secondary N) is 1. The average Bonchev–Trinajstić information content (AvgIpc) is 3.80. The number of rotatable bonds is 10. The van der Waals surface area contributed by atoms with Crippen molar-refractivity contribution in [1.82, 2.24) is 15.1 Å².